The lowest BCUT2D eigenvalue weighted by atomic mass is 9.99. The van der Waals surface area contributed by atoms with E-state index in [2.05, 4.69) is 5.32 Å². The number of hydrogen-bond donors (Lipinski definition) is 2. The zero-order valence-corrected chi connectivity index (χ0v) is 11.9. The fourth-order valence-electron chi connectivity index (χ4n) is 2.80. The van der Waals surface area contributed by atoms with Crippen molar-refractivity contribution in [1.29, 1.82) is 0 Å². The van der Waals surface area contributed by atoms with Gasteiger partial charge in [-0.05, 0) is 37.5 Å². The van der Waals surface area contributed by atoms with Crippen molar-refractivity contribution in [2.24, 2.45) is 17.6 Å². The molecule has 2 fully saturated rings. The SMILES string of the molecule is COCC(NC(=O)C[C@@H]1CCC[C@H]1N)C1CC1.Cl. The first-order chi connectivity index (χ1) is 8.20. The molecule has 2 aliphatic rings. The van der Waals surface area contributed by atoms with E-state index in [1.54, 1.807) is 7.11 Å². The van der Waals surface area contributed by atoms with Crippen LogP contribution in [0.3, 0.4) is 0 Å². The van der Waals surface area contributed by atoms with E-state index in [9.17, 15) is 4.79 Å². The van der Waals surface area contributed by atoms with Crippen LogP contribution in [0.25, 0.3) is 0 Å². The molecule has 0 saturated heterocycles. The van der Waals surface area contributed by atoms with Gasteiger partial charge in [0.05, 0.1) is 12.6 Å². The van der Waals surface area contributed by atoms with E-state index in [4.69, 9.17) is 10.5 Å². The predicted molar refractivity (Wildman–Crippen MR) is 73.7 cm³/mol. The molecule has 2 saturated carbocycles. The minimum atomic E-state index is 0. The Hall–Kier alpha value is -0.320. The third kappa shape index (κ3) is 4.41. The molecule has 3 atom stereocenters. The zero-order valence-electron chi connectivity index (χ0n) is 11.1. The Labute approximate surface area is 115 Å². The van der Waals surface area contributed by atoms with Crippen LogP contribution in [0.1, 0.15) is 38.5 Å². The molecule has 0 radical (unpaired) electrons. The highest BCUT2D eigenvalue weighted by Crippen LogP contribution is 2.33. The minimum absolute atomic E-state index is 0. The number of carbonyl (C=O) groups is 1. The maximum absolute atomic E-state index is 11.9. The van der Waals surface area contributed by atoms with Crippen LogP contribution >= 0.6 is 12.4 Å². The van der Waals surface area contributed by atoms with Crippen LogP contribution in [0.4, 0.5) is 0 Å². The van der Waals surface area contributed by atoms with Crippen LogP contribution in [-0.4, -0.2) is 31.7 Å². The van der Waals surface area contributed by atoms with Crippen molar-refractivity contribution in [2.45, 2.75) is 50.6 Å². The molecule has 1 unspecified atom stereocenters. The van der Waals surface area contributed by atoms with Gasteiger partial charge in [-0.15, -0.1) is 12.4 Å². The lowest BCUT2D eigenvalue weighted by Crippen LogP contribution is -2.41. The smallest absolute Gasteiger partial charge is 0.220 e. The molecule has 0 spiro atoms. The van der Waals surface area contributed by atoms with Gasteiger partial charge in [0.2, 0.25) is 5.91 Å². The number of amides is 1. The fourth-order valence-corrected chi connectivity index (χ4v) is 2.80. The highest BCUT2D eigenvalue weighted by atomic mass is 35.5. The molecule has 2 aliphatic carbocycles. The molecule has 0 aromatic rings. The number of nitrogens with one attached hydrogen (secondary N) is 1. The summed E-state index contributed by atoms with van der Waals surface area (Å²) in [5.41, 5.74) is 5.98. The molecule has 0 aliphatic heterocycles. The summed E-state index contributed by atoms with van der Waals surface area (Å²) in [6.45, 7) is 0.632. The molecular formula is C13H25ClN2O2. The van der Waals surface area contributed by atoms with Crippen molar-refractivity contribution in [3.63, 3.8) is 0 Å². The maximum Gasteiger partial charge on any atom is 0.220 e. The normalized spacial score (nSPS) is 28.6. The third-order valence-electron chi connectivity index (χ3n) is 4.05. The fraction of sp³-hybridized carbons (Fsp3) is 0.923. The Morgan fingerprint density at radius 3 is 2.61 bits per heavy atom. The van der Waals surface area contributed by atoms with Gasteiger partial charge in [-0.3, -0.25) is 4.79 Å². The number of hydrogen-bond acceptors (Lipinski definition) is 3. The first-order valence-corrected chi connectivity index (χ1v) is 6.74. The second-order valence-corrected chi connectivity index (χ2v) is 5.53. The number of ether oxygens (including phenoxy) is 1. The van der Waals surface area contributed by atoms with E-state index in [1.165, 1.54) is 19.3 Å². The Morgan fingerprint density at radius 2 is 2.11 bits per heavy atom. The van der Waals surface area contributed by atoms with Crippen molar-refractivity contribution in [3.8, 4) is 0 Å². The number of rotatable bonds is 6. The van der Waals surface area contributed by atoms with Crippen LogP contribution in [0.2, 0.25) is 0 Å². The lowest BCUT2D eigenvalue weighted by molar-refractivity contribution is -0.123. The van der Waals surface area contributed by atoms with E-state index >= 15 is 0 Å². The number of nitrogens with two attached hydrogens (primary N) is 1. The van der Waals surface area contributed by atoms with E-state index in [1.807, 2.05) is 0 Å². The summed E-state index contributed by atoms with van der Waals surface area (Å²) in [4.78, 5) is 11.9. The topological polar surface area (TPSA) is 64.3 Å². The Bertz CT molecular complexity index is 272. The minimum Gasteiger partial charge on any atom is -0.383 e. The summed E-state index contributed by atoms with van der Waals surface area (Å²) in [6, 6.07) is 0.438. The maximum atomic E-state index is 11.9. The molecular weight excluding hydrogens is 252 g/mol. The van der Waals surface area contributed by atoms with Crippen molar-refractivity contribution in [3.05, 3.63) is 0 Å². The molecule has 18 heavy (non-hydrogen) atoms. The highest BCUT2D eigenvalue weighted by molar-refractivity contribution is 5.85. The number of carbonyl (C=O) groups excluding carboxylic acids is 1. The van der Waals surface area contributed by atoms with Gasteiger partial charge in [0, 0.05) is 19.6 Å². The summed E-state index contributed by atoms with van der Waals surface area (Å²) in [6.07, 6.45) is 6.38. The number of methoxy groups -OCH3 is 1. The van der Waals surface area contributed by atoms with Crippen LogP contribution in [0.15, 0.2) is 0 Å². The molecule has 3 N–H and O–H groups in total. The van der Waals surface area contributed by atoms with Gasteiger partial charge in [-0.1, -0.05) is 6.42 Å². The Morgan fingerprint density at radius 1 is 1.39 bits per heavy atom. The number of halogens is 1. The molecule has 0 heterocycles. The van der Waals surface area contributed by atoms with Gasteiger partial charge in [-0.25, -0.2) is 0 Å². The van der Waals surface area contributed by atoms with Crippen LogP contribution in [-0.2, 0) is 9.53 Å². The van der Waals surface area contributed by atoms with Gasteiger partial charge < -0.3 is 15.8 Å². The quantitative estimate of drug-likeness (QED) is 0.772. The summed E-state index contributed by atoms with van der Waals surface area (Å²) < 4.78 is 5.16. The predicted octanol–water partition coefficient (Wildman–Crippen LogP) is 1.47. The molecule has 0 bridgehead atoms. The van der Waals surface area contributed by atoms with Crippen molar-refractivity contribution in [2.75, 3.05) is 13.7 Å². The van der Waals surface area contributed by atoms with E-state index in [0.717, 1.165) is 12.8 Å². The monoisotopic (exact) mass is 276 g/mol. The first-order valence-electron chi connectivity index (χ1n) is 6.74. The van der Waals surface area contributed by atoms with Crippen LogP contribution in [0.5, 0.6) is 0 Å². The standard InChI is InChI=1S/C13H24N2O2.ClH/c1-17-8-12(9-5-6-9)15-13(16)7-10-3-2-4-11(10)14;/h9-12H,2-8,14H2,1H3,(H,15,16);1H/t10-,11+,12?;/m0./s1. The summed E-state index contributed by atoms with van der Waals surface area (Å²) >= 11 is 0. The average Bonchev–Trinajstić information content (AvgIpc) is 3.05. The molecule has 1 amide bonds. The van der Waals surface area contributed by atoms with Gasteiger partial charge in [0.1, 0.15) is 0 Å². The average molecular weight is 277 g/mol. The van der Waals surface area contributed by atoms with Gasteiger partial charge in [0.15, 0.2) is 0 Å². The second-order valence-electron chi connectivity index (χ2n) is 5.53. The Kier molecular flexibility index (Phi) is 6.39. The lowest BCUT2D eigenvalue weighted by Gasteiger charge is -2.20. The molecule has 2 rings (SSSR count). The van der Waals surface area contributed by atoms with Gasteiger partial charge in [0.25, 0.3) is 0 Å². The van der Waals surface area contributed by atoms with Crippen molar-refractivity contribution in [1.82, 2.24) is 5.32 Å². The zero-order chi connectivity index (χ0) is 12.3. The van der Waals surface area contributed by atoms with Gasteiger partial charge >= 0.3 is 0 Å². The second kappa shape index (κ2) is 7.31. The van der Waals surface area contributed by atoms with E-state index < -0.39 is 0 Å². The van der Waals surface area contributed by atoms with Crippen LogP contribution < -0.4 is 11.1 Å². The molecule has 106 valence electrons. The molecule has 5 heteroatoms. The van der Waals surface area contributed by atoms with E-state index in [0.29, 0.717) is 24.9 Å². The highest BCUT2D eigenvalue weighted by Gasteiger charge is 2.33. The molecule has 4 nitrogen and oxygen atoms in total. The van der Waals surface area contributed by atoms with Crippen molar-refractivity contribution >= 4 is 18.3 Å². The van der Waals surface area contributed by atoms with Crippen LogP contribution in [0, 0.1) is 11.8 Å². The molecule has 0 aromatic heterocycles. The van der Waals surface area contributed by atoms with E-state index in [-0.39, 0.29) is 30.4 Å². The summed E-state index contributed by atoms with van der Waals surface area (Å²) in [7, 11) is 1.69. The summed E-state index contributed by atoms with van der Waals surface area (Å²) in [5.74, 6) is 1.18. The van der Waals surface area contributed by atoms with Crippen molar-refractivity contribution < 1.29 is 9.53 Å². The first kappa shape index (κ1) is 15.7. The third-order valence-corrected chi connectivity index (χ3v) is 4.05. The Balaban J connectivity index is 0.00000162. The molecule has 0 aromatic carbocycles. The summed E-state index contributed by atoms with van der Waals surface area (Å²) in [5, 5.41) is 3.11. The van der Waals surface area contributed by atoms with Gasteiger partial charge in [-0.2, -0.15) is 0 Å². The largest absolute Gasteiger partial charge is 0.383 e.